The zero-order valence-electron chi connectivity index (χ0n) is 10.2. The van der Waals surface area contributed by atoms with E-state index in [1.54, 1.807) is 0 Å². The Labute approximate surface area is 106 Å². The van der Waals surface area contributed by atoms with Crippen molar-refractivity contribution in [2.75, 3.05) is 32.8 Å². The molecule has 0 saturated carbocycles. The van der Waals surface area contributed by atoms with Gasteiger partial charge in [-0.3, -0.25) is 4.90 Å². The van der Waals surface area contributed by atoms with Crippen LogP contribution < -0.4 is 0 Å². The zero-order valence-corrected chi connectivity index (χ0v) is 10.2. The fraction of sp³-hybridized carbons (Fsp3) is 0.429. The predicted octanol–water partition coefficient (Wildman–Crippen LogP) is 1.80. The number of aliphatic hydroxyl groups is 1. The van der Waals surface area contributed by atoms with Crippen molar-refractivity contribution in [3.05, 3.63) is 36.1 Å². The maximum atomic E-state index is 10.2. The van der Waals surface area contributed by atoms with Crippen molar-refractivity contribution in [1.82, 2.24) is 4.90 Å². The number of hydrogen-bond acceptors (Lipinski definition) is 4. The molecule has 4 heteroatoms. The van der Waals surface area contributed by atoms with Gasteiger partial charge in [0.2, 0.25) is 0 Å². The van der Waals surface area contributed by atoms with Gasteiger partial charge in [-0.1, -0.05) is 18.2 Å². The first-order chi connectivity index (χ1) is 8.83. The average molecular weight is 247 g/mol. The first-order valence-corrected chi connectivity index (χ1v) is 6.29. The summed E-state index contributed by atoms with van der Waals surface area (Å²) in [6.07, 6.45) is -0.574. The van der Waals surface area contributed by atoms with Crippen molar-refractivity contribution in [3.8, 4) is 0 Å². The van der Waals surface area contributed by atoms with Crippen LogP contribution in [0.1, 0.15) is 11.9 Å². The molecular formula is C14H17NO3. The van der Waals surface area contributed by atoms with E-state index in [0.717, 1.165) is 37.3 Å². The van der Waals surface area contributed by atoms with Crippen LogP contribution in [-0.2, 0) is 4.74 Å². The summed E-state index contributed by atoms with van der Waals surface area (Å²) in [5.74, 6) is 0.641. The Morgan fingerprint density at radius 2 is 2.00 bits per heavy atom. The van der Waals surface area contributed by atoms with Crippen molar-refractivity contribution in [2.24, 2.45) is 0 Å². The molecule has 18 heavy (non-hydrogen) atoms. The van der Waals surface area contributed by atoms with Crippen LogP contribution in [0.3, 0.4) is 0 Å². The number of benzene rings is 1. The fourth-order valence-electron chi connectivity index (χ4n) is 2.28. The van der Waals surface area contributed by atoms with Gasteiger partial charge in [0.25, 0.3) is 0 Å². The van der Waals surface area contributed by atoms with Crippen LogP contribution >= 0.6 is 0 Å². The van der Waals surface area contributed by atoms with Crippen molar-refractivity contribution in [3.63, 3.8) is 0 Å². The van der Waals surface area contributed by atoms with Gasteiger partial charge in [0.05, 0.1) is 13.2 Å². The van der Waals surface area contributed by atoms with Crippen molar-refractivity contribution in [1.29, 1.82) is 0 Å². The van der Waals surface area contributed by atoms with E-state index < -0.39 is 6.10 Å². The molecule has 1 aromatic carbocycles. The van der Waals surface area contributed by atoms with Crippen LogP contribution in [0.25, 0.3) is 11.0 Å². The minimum Gasteiger partial charge on any atom is -0.458 e. The molecule has 4 nitrogen and oxygen atoms in total. The molecule has 0 bridgehead atoms. The number of hydrogen-bond donors (Lipinski definition) is 1. The Hall–Kier alpha value is -1.36. The summed E-state index contributed by atoms with van der Waals surface area (Å²) in [5, 5.41) is 11.2. The van der Waals surface area contributed by atoms with E-state index in [9.17, 15) is 5.11 Å². The number of para-hydroxylation sites is 1. The highest BCUT2D eigenvalue weighted by Gasteiger charge is 2.18. The van der Waals surface area contributed by atoms with Gasteiger partial charge in [0.1, 0.15) is 17.4 Å². The molecule has 0 aliphatic carbocycles. The summed E-state index contributed by atoms with van der Waals surface area (Å²) >= 11 is 0. The van der Waals surface area contributed by atoms with Gasteiger partial charge in [-0.05, 0) is 12.1 Å². The SMILES string of the molecule is OC(CN1CCOCC1)c1cc2ccccc2o1. The largest absolute Gasteiger partial charge is 0.458 e. The van der Waals surface area contributed by atoms with Crippen molar-refractivity contribution < 1.29 is 14.3 Å². The van der Waals surface area contributed by atoms with Gasteiger partial charge in [0, 0.05) is 25.0 Å². The van der Waals surface area contributed by atoms with Gasteiger partial charge < -0.3 is 14.3 Å². The molecule has 2 aromatic rings. The van der Waals surface area contributed by atoms with Gasteiger partial charge in [-0.15, -0.1) is 0 Å². The normalized spacial score (nSPS) is 19.2. The summed E-state index contributed by atoms with van der Waals surface area (Å²) in [6.45, 7) is 3.83. The van der Waals surface area contributed by atoms with E-state index in [0.29, 0.717) is 12.3 Å². The monoisotopic (exact) mass is 247 g/mol. The molecule has 1 atom stereocenters. The summed E-state index contributed by atoms with van der Waals surface area (Å²) in [6, 6.07) is 9.73. The third kappa shape index (κ3) is 2.41. The van der Waals surface area contributed by atoms with Crippen molar-refractivity contribution >= 4 is 11.0 Å². The summed E-state index contributed by atoms with van der Waals surface area (Å²) in [5.41, 5.74) is 0.827. The summed E-state index contributed by atoms with van der Waals surface area (Å²) < 4.78 is 11.0. The molecule has 0 radical (unpaired) electrons. The lowest BCUT2D eigenvalue weighted by Crippen LogP contribution is -2.38. The number of β-amino-alcohol motifs (C(OH)–C–C–N with tert-alkyl or cyclic N) is 1. The second-order valence-corrected chi connectivity index (χ2v) is 4.62. The van der Waals surface area contributed by atoms with Gasteiger partial charge >= 0.3 is 0 Å². The Balaban J connectivity index is 1.72. The standard InChI is InChI=1S/C14H17NO3/c16-12(10-15-5-7-17-8-6-15)14-9-11-3-1-2-4-13(11)18-14/h1-4,9,12,16H,5-8,10H2. The number of fused-ring (bicyclic) bond motifs is 1. The second-order valence-electron chi connectivity index (χ2n) is 4.62. The minimum absolute atomic E-state index is 0.574. The summed E-state index contributed by atoms with van der Waals surface area (Å²) in [4.78, 5) is 2.20. The number of nitrogens with zero attached hydrogens (tertiary/aromatic N) is 1. The average Bonchev–Trinajstić information content (AvgIpc) is 2.84. The predicted molar refractivity (Wildman–Crippen MR) is 68.4 cm³/mol. The Morgan fingerprint density at radius 3 is 2.78 bits per heavy atom. The van der Waals surface area contributed by atoms with Crippen LogP contribution in [0.2, 0.25) is 0 Å². The minimum atomic E-state index is -0.574. The van der Waals surface area contributed by atoms with Gasteiger partial charge in [0.15, 0.2) is 0 Å². The van der Waals surface area contributed by atoms with Crippen LogP contribution in [0.4, 0.5) is 0 Å². The fourth-order valence-corrected chi connectivity index (χ4v) is 2.28. The highest BCUT2D eigenvalue weighted by molar-refractivity contribution is 5.77. The first-order valence-electron chi connectivity index (χ1n) is 6.29. The molecule has 1 fully saturated rings. The number of aliphatic hydroxyl groups excluding tert-OH is 1. The highest BCUT2D eigenvalue weighted by atomic mass is 16.5. The van der Waals surface area contributed by atoms with E-state index in [-0.39, 0.29) is 0 Å². The number of morpholine rings is 1. The molecule has 1 aliphatic rings. The molecule has 1 aromatic heterocycles. The lowest BCUT2D eigenvalue weighted by molar-refractivity contribution is 0.0104. The molecule has 1 N–H and O–H groups in total. The molecule has 0 spiro atoms. The van der Waals surface area contributed by atoms with Crippen LogP contribution in [0.5, 0.6) is 0 Å². The number of furan rings is 1. The Kier molecular flexibility index (Phi) is 3.32. The molecular weight excluding hydrogens is 230 g/mol. The van der Waals surface area contributed by atoms with E-state index in [1.807, 2.05) is 30.3 Å². The smallest absolute Gasteiger partial charge is 0.135 e. The maximum absolute atomic E-state index is 10.2. The van der Waals surface area contributed by atoms with Crippen LogP contribution in [0.15, 0.2) is 34.7 Å². The zero-order chi connectivity index (χ0) is 12.4. The summed E-state index contributed by atoms with van der Waals surface area (Å²) in [7, 11) is 0. The lowest BCUT2D eigenvalue weighted by Gasteiger charge is -2.27. The van der Waals surface area contributed by atoms with Crippen molar-refractivity contribution in [2.45, 2.75) is 6.10 Å². The number of ether oxygens (including phenoxy) is 1. The Morgan fingerprint density at radius 1 is 1.22 bits per heavy atom. The molecule has 2 heterocycles. The topological polar surface area (TPSA) is 45.8 Å². The molecule has 1 saturated heterocycles. The van der Waals surface area contributed by atoms with Gasteiger partial charge in [-0.2, -0.15) is 0 Å². The van der Waals surface area contributed by atoms with E-state index >= 15 is 0 Å². The number of rotatable bonds is 3. The third-order valence-electron chi connectivity index (χ3n) is 3.31. The molecule has 1 unspecified atom stereocenters. The van der Waals surface area contributed by atoms with Crippen LogP contribution in [-0.4, -0.2) is 42.9 Å². The molecule has 0 amide bonds. The molecule has 3 rings (SSSR count). The van der Waals surface area contributed by atoms with Crippen LogP contribution in [0, 0.1) is 0 Å². The second kappa shape index (κ2) is 5.10. The molecule has 96 valence electrons. The molecule has 1 aliphatic heterocycles. The third-order valence-corrected chi connectivity index (χ3v) is 3.31. The van der Waals surface area contributed by atoms with Gasteiger partial charge in [-0.25, -0.2) is 0 Å². The lowest BCUT2D eigenvalue weighted by atomic mass is 10.2. The first kappa shape index (κ1) is 11.7. The quantitative estimate of drug-likeness (QED) is 0.898. The Bertz CT molecular complexity index is 483. The van der Waals surface area contributed by atoms with E-state index in [2.05, 4.69) is 4.90 Å². The van der Waals surface area contributed by atoms with E-state index in [4.69, 9.17) is 9.15 Å². The highest BCUT2D eigenvalue weighted by Crippen LogP contribution is 2.24. The van der Waals surface area contributed by atoms with E-state index in [1.165, 1.54) is 0 Å². The maximum Gasteiger partial charge on any atom is 0.135 e.